The maximum atomic E-state index is 13.1. The lowest BCUT2D eigenvalue weighted by molar-refractivity contribution is -0.149. The van der Waals surface area contributed by atoms with Crippen molar-refractivity contribution in [2.45, 2.75) is 19.0 Å². The third-order valence-corrected chi connectivity index (χ3v) is 6.22. The molecule has 31 heavy (non-hydrogen) atoms. The number of hydrogen-bond donors (Lipinski definition) is 0. The van der Waals surface area contributed by atoms with Crippen molar-refractivity contribution in [1.29, 1.82) is 0 Å². The number of para-hydroxylation sites is 2. The lowest BCUT2D eigenvalue weighted by Gasteiger charge is -2.39. The number of ether oxygens (including phenoxy) is 2. The van der Waals surface area contributed by atoms with E-state index in [0.29, 0.717) is 26.1 Å². The van der Waals surface area contributed by atoms with Crippen LogP contribution in [0, 0.1) is 0 Å². The first kappa shape index (κ1) is 21.2. The molecule has 7 heteroatoms. The molecule has 4 rings (SSSR count). The topological polar surface area (TPSA) is 62.3 Å². The maximum Gasteiger partial charge on any atom is 0.323 e. The van der Waals surface area contributed by atoms with Crippen molar-refractivity contribution in [2.75, 3.05) is 51.8 Å². The molecule has 2 heterocycles. The van der Waals surface area contributed by atoms with Gasteiger partial charge in [-0.2, -0.15) is 0 Å². The number of fused-ring (bicyclic) bond motifs is 1. The van der Waals surface area contributed by atoms with Crippen LogP contribution in [0.15, 0.2) is 48.5 Å². The standard InChI is InChI=1S/C24H29N3O4/c1-30-22-10-6-5-9-20(22)25-11-13-26(14-12-25)23(28)17-27-16-19-8-4-3-7-18(19)15-21(27)24(29)31-2/h3-10,21H,11-17H2,1-2H3/t21-/m0/s1. The second-order valence-corrected chi connectivity index (χ2v) is 7.96. The molecule has 1 amide bonds. The molecule has 7 nitrogen and oxygen atoms in total. The lowest BCUT2D eigenvalue weighted by atomic mass is 9.94. The molecule has 164 valence electrons. The van der Waals surface area contributed by atoms with E-state index in [1.165, 1.54) is 7.11 Å². The number of amides is 1. The van der Waals surface area contributed by atoms with E-state index in [2.05, 4.69) is 11.0 Å². The van der Waals surface area contributed by atoms with Crippen LogP contribution in [0.2, 0.25) is 0 Å². The van der Waals surface area contributed by atoms with Crippen molar-refractivity contribution in [3.63, 3.8) is 0 Å². The zero-order valence-corrected chi connectivity index (χ0v) is 18.1. The molecular formula is C24H29N3O4. The number of hydrogen-bond acceptors (Lipinski definition) is 6. The molecule has 1 atom stereocenters. The predicted molar refractivity (Wildman–Crippen MR) is 118 cm³/mol. The van der Waals surface area contributed by atoms with E-state index in [-0.39, 0.29) is 18.4 Å². The summed E-state index contributed by atoms with van der Waals surface area (Å²) in [7, 11) is 3.08. The van der Waals surface area contributed by atoms with Gasteiger partial charge in [-0.1, -0.05) is 36.4 Å². The van der Waals surface area contributed by atoms with Gasteiger partial charge >= 0.3 is 5.97 Å². The Morgan fingerprint density at radius 3 is 2.32 bits per heavy atom. The Morgan fingerprint density at radius 2 is 1.61 bits per heavy atom. The van der Waals surface area contributed by atoms with Crippen molar-refractivity contribution in [1.82, 2.24) is 9.80 Å². The summed E-state index contributed by atoms with van der Waals surface area (Å²) in [5.41, 5.74) is 3.36. The summed E-state index contributed by atoms with van der Waals surface area (Å²) in [5, 5.41) is 0. The fourth-order valence-electron chi connectivity index (χ4n) is 4.47. The van der Waals surface area contributed by atoms with Gasteiger partial charge in [-0.05, 0) is 29.7 Å². The molecule has 0 aliphatic carbocycles. The molecule has 0 unspecified atom stereocenters. The fourth-order valence-corrected chi connectivity index (χ4v) is 4.47. The molecule has 0 saturated carbocycles. The van der Waals surface area contributed by atoms with Gasteiger partial charge in [0.2, 0.25) is 5.91 Å². The van der Waals surface area contributed by atoms with Gasteiger partial charge in [0.1, 0.15) is 11.8 Å². The third kappa shape index (κ3) is 4.51. The number of rotatable bonds is 5. The molecule has 1 saturated heterocycles. The van der Waals surface area contributed by atoms with E-state index < -0.39 is 6.04 Å². The molecule has 0 N–H and O–H groups in total. The summed E-state index contributed by atoms with van der Waals surface area (Å²) < 4.78 is 10.5. The number of benzene rings is 2. The van der Waals surface area contributed by atoms with Crippen LogP contribution in [0.4, 0.5) is 5.69 Å². The summed E-state index contributed by atoms with van der Waals surface area (Å²) in [6.07, 6.45) is 0.567. The van der Waals surface area contributed by atoms with Crippen molar-refractivity contribution < 1.29 is 19.1 Å². The van der Waals surface area contributed by atoms with E-state index >= 15 is 0 Å². The molecule has 0 bridgehead atoms. The van der Waals surface area contributed by atoms with Gasteiger partial charge in [-0.25, -0.2) is 0 Å². The van der Waals surface area contributed by atoms with Crippen LogP contribution < -0.4 is 9.64 Å². The molecule has 0 aromatic heterocycles. The van der Waals surface area contributed by atoms with Gasteiger partial charge in [-0.3, -0.25) is 14.5 Å². The highest BCUT2D eigenvalue weighted by Crippen LogP contribution is 2.29. The minimum Gasteiger partial charge on any atom is -0.495 e. The lowest BCUT2D eigenvalue weighted by Crippen LogP contribution is -2.54. The van der Waals surface area contributed by atoms with Gasteiger partial charge in [0.15, 0.2) is 0 Å². The zero-order valence-electron chi connectivity index (χ0n) is 18.1. The van der Waals surface area contributed by atoms with Crippen LogP contribution in [0.3, 0.4) is 0 Å². The molecule has 2 aliphatic rings. The first-order valence-electron chi connectivity index (χ1n) is 10.6. The van der Waals surface area contributed by atoms with Crippen LogP contribution in [0.25, 0.3) is 0 Å². The average Bonchev–Trinajstić information content (AvgIpc) is 2.83. The summed E-state index contributed by atoms with van der Waals surface area (Å²) in [6.45, 7) is 3.56. The van der Waals surface area contributed by atoms with E-state index in [9.17, 15) is 9.59 Å². The number of carbonyl (C=O) groups is 2. The number of anilines is 1. The molecule has 0 spiro atoms. The Hall–Kier alpha value is -3.06. The Labute approximate surface area is 183 Å². The number of carbonyl (C=O) groups excluding carboxylic acids is 2. The third-order valence-electron chi connectivity index (χ3n) is 6.22. The Kier molecular flexibility index (Phi) is 6.42. The van der Waals surface area contributed by atoms with E-state index in [0.717, 1.165) is 35.7 Å². The Morgan fingerprint density at radius 1 is 0.935 bits per heavy atom. The van der Waals surface area contributed by atoms with Gasteiger partial charge in [0.05, 0.1) is 26.5 Å². The van der Waals surface area contributed by atoms with Gasteiger partial charge in [-0.15, -0.1) is 0 Å². The number of piperazine rings is 1. The number of methoxy groups -OCH3 is 2. The minimum absolute atomic E-state index is 0.0490. The SMILES string of the molecule is COC(=O)[C@@H]1Cc2ccccc2CN1CC(=O)N1CCN(c2ccccc2OC)CC1. The number of nitrogens with zero attached hydrogens (tertiary/aromatic N) is 3. The van der Waals surface area contributed by atoms with Gasteiger partial charge in [0.25, 0.3) is 0 Å². The van der Waals surface area contributed by atoms with E-state index in [1.807, 2.05) is 52.3 Å². The first-order valence-corrected chi connectivity index (χ1v) is 10.6. The highest BCUT2D eigenvalue weighted by atomic mass is 16.5. The summed E-state index contributed by atoms with van der Waals surface area (Å²) in [4.78, 5) is 31.6. The van der Waals surface area contributed by atoms with Crippen molar-refractivity contribution in [3.05, 3.63) is 59.7 Å². The highest BCUT2D eigenvalue weighted by Gasteiger charge is 2.34. The molecule has 2 aromatic rings. The smallest absolute Gasteiger partial charge is 0.323 e. The summed E-state index contributed by atoms with van der Waals surface area (Å²) >= 11 is 0. The van der Waals surface area contributed by atoms with Crippen LogP contribution in [0.5, 0.6) is 5.75 Å². The minimum atomic E-state index is -0.432. The fraction of sp³-hybridized carbons (Fsp3) is 0.417. The van der Waals surface area contributed by atoms with Crippen LogP contribution in [-0.4, -0.2) is 74.7 Å². The quantitative estimate of drug-likeness (QED) is 0.685. The Bertz CT molecular complexity index is 940. The van der Waals surface area contributed by atoms with Crippen LogP contribution in [-0.2, 0) is 27.3 Å². The normalized spacial score (nSPS) is 19.0. The van der Waals surface area contributed by atoms with Gasteiger partial charge < -0.3 is 19.3 Å². The molecule has 0 radical (unpaired) electrons. The monoisotopic (exact) mass is 423 g/mol. The first-order chi connectivity index (χ1) is 15.1. The molecular weight excluding hydrogens is 394 g/mol. The Balaban J connectivity index is 1.40. The van der Waals surface area contributed by atoms with Crippen molar-refractivity contribution >= 4 is 17.6 Å². The zero-order chi connectivity index (χ0) is 21.8. The highest BCUT2D eigenvalue weighted by molar-refractivity contribution is 5.81. The second-order valence-electron chi connectivity index (χ2n) is 7.96. The second kappa shape index (κ2) is 9.39. The molecule has 1 fully saturated rings. The molecule has 2 aromatic carbocycles. The maximum absolute atomic E-state index is 13.1. The summed E-state index contributed by atoms with van der Waals surface area (Å²) in [5.74, 6) is 0.603. The van der Waals surface area contributed by atoms with Crippen LogP contribution in [0.1, 0.15) is 11.1 Å². The predicted octanol–water partition coefficient (Wildman–Crippen LogP) is 1.94. The van der Waals surface area contributed by atoms with E-state index in [4.69, 9.17) is 9.47 Å². The molecule has 2 aliphatic heterocycles. The summed E-state index contributed by atoms with van der Waals surface area (Å²) in [6, 6.07) is 15.6. The van der Waals surface area contributed by atoms with Gasteiger partial charge in [0, 0.05) is 32.7 Å². The number of esters is 1. The van der Waals surface area contributed by atoms with Crippen molar-refractivity contribution in [3.8, 4) is 5.75 Å². The van der Waals surface area contributed by atoms with E-state index in [1.54, 1.807) is 7.11 Å². The van der Waals surface area contributed by atoms with Crippen molar-refractivity contribution in [2.24, 2.45) is 0 Å². The van der Waals surface area contributed by atoms with Crippen LogP contribution >= 0.6 is 0 Å². The average molecular weight is 424 g/mol. The largest absolute Gasteiger partial charge is 0.495 e.